The van der Waals surface area contributed by atoms with Crippen molar-refractivity contribution < 1.29 is 4.79 Å². The van der Waals surface area contributed by atoms with Gasteiger partial charge in [0.15, 0.2) is 0 Å². The van der Waals surface area contributed by atoms with Gasteiger partial charge in [-0.1, -0.05) is 55.5 Å². The van der Waals surface area contributed by atoms with E-state index < -0.39 is 0 Å². The molecule has 2 nitrogen and oxygen atoms in total. The molecule has 2 heteroatoms. The third kappa shape index (κ3) is 2.71. The number of fused-ring (bicyclic) bond motifs is 2. The SMILES string of the molecule is CC(=O)NC1CCc2ccccc2C(C)c2ccccc21. The van der Waals surface area contributed by atoms with E-state index >= 15 is 0 Å². The minimum Gasteiger partial charge on any atom is -0.350 e. The summed E-state index contributed by atoms with van der Waals surface area (Å²) in [5.74, 6) is 0.394. The van der Waals surface area contributed by atoms with Gasteiger partial charge in [-0.3, -0.25) is 4.79 Å². The fourth-order valence-corrected chi connectivity index (χ4v) is 3.43. The molecule has 0 spiro atoms. The molecule has 2 unspecified atom stereocenters. The van der Waals surface area contributed by atoms with Crippen molar-refractivity contribution in [2.45, 2.75) is 38.6 Å². The summed E-state index contributed by atoms with van der Waals surface area (Å²) >= 11 is 0. The van der Waals surface area contributed by atoms with Crippen LogP contribution in [0, 0.1) is 0 Å². The Balaban J connectivity index is 2.10. The Morgan fingerprint density at radius 1 is 1.00 bits per heavy atom. The Hall–Kier alpha value is -2.09. The summed E-state index contributed by atoms with van der Waals surface area (Å²) in [6, 6.07) is 17.3. The predicted molar refractivity (Wildman–Crippen MR) is 85.3 cm³/mol. The molecule has 0 radical (unpaired) electrons. The number of nitrogens with one attached hydrogen (secondary N) is 1. The molecule has 1 aliphatic carbocycles. The van der Waals surface area contributed by atoms with E-state index in [2.05, 4.69) is 60.8 Å². The van der Waals surface area contributed by atoms with E-state index in [0.717, 1.165) is 12.8 Å². The first-order valence-corrected chi connectivity index (χ1v) is 7.60. The molecule has 0 fully saturated rings. The summed E-state index contributed by atoms with van der Waals surface area (Å²) in [7, 11) is 0. The molecular weight excluding hydrogens is 258 g/mol. The summed E-state index contributed by atoms with van der Waals surface area (Å²) < 4.78 is 0. The summed E-state index contributed by atoms with van der Waals surface area (Å²) in [4.78, 5) is 11.5. The average molecular weight is 279 g/mol. The van der Waals surface area contributed by atoms with Gasteiger partial charge in [0.05, 0.1) is 6.04 Å². The van der Waals surface area contributed by atoms with Crippen LogP contribution in [0.25, 0.3) is 0 Å². The van der Waals surface area contributed by atoms with Crippen molar-refractivity contribution in [3.05, 3.63) is 70.8 Å². The summed E-state index contributed by atoms with van der Waals surface area (Å²) in [6.07, 6.45) is 1.94. The van der Waals surface area contributed by atoms with Crippen molar-refractivity contribution in [2.75, 3.05) is 0 Å². The number of aryl methyl sites for hydroxylation is 1. The number of carbonyl (C=O) groups excluding carboxylic acids is 1. The smallest absolute Gasteiger partial charge is 0.217 e. The zero-order valence-electron chi connectivity index (χ0n) is 12.6. The van der Waals surface area contributed by atoms with Gasteiger partial charge in [-0.25, -0.2) is 0 Å². The lowest BCUT2D eigenvalue weighted by atomic mass is 9.80. The molecule has 1 N–H and O–H groups in total. The minimum absolute atomic E-state index is 0.0383. The summed E-state index contributed by atoms with van der Waals surface area (Å²) in [5, 5.41) is 3.12. The number of carbonyl (C=O) groups is 1. The Morgan fingerprint density at radius 3 is 2.33 bits per heavy atom. The van der Waals surface area contributed by atoms with Crippen LogP contribution in [-0.4, -0.2) is 5.91 Å². The van der Waals surface area contributed by atoms with Crippen LogP contribution in [0.3, 0.4) is 0 Å². The molecule has 0 saturated heterocycles. The van der Waals surface area contributed by atoms with Crippen LogP contribution in [-0.2, 0) is 11.2 Å². The second-order valence-corrected chi connectivity index (χ2v) is 5.84. The highest BCUT2D eigenvalue weighted by atomic mass is 16.1. The molecule has 3 rings (SSSR count). The van der Waals surface area contributed by atoms with Gasteiger partial charge in [-0.2, -0.15) is 0 Å². The van der Waals surface area contributed by atoms with E-state index in [0.29, 0.717) is 5.92 Å². The van der Waals surface area contributed by atoms with E-state index in [-0.39, 0.29) is 11.9 Å². The number of benzene rings is 2. The molecule has 1 aliphatic rings. The van der Waals surface area contributed by atoms with Crippen molar-refractivity contribution in [1.82, 2.24) is 5.32 Å². The molecule has 21 heavy (non-hydrogen) atoms. The van der Waals surface area contributed by atoms with Gasteiger partial charge in [0, 0.05) is 12.8 Å². The first-order chi connectivity index (χ1) is 10.2. The molecular formula is C19H21NO. The first kappa shape index (κ1) is 13.9. The maximum absolute atomic E-state index is 11.5. The largest absolute Gasteiger partial charge is 0.350 e. The maximum Gasteiger partial charge on any atom is 0.217 e. The number of hydrogen-bond donors (Lipinski definition) is 1. The number of amides is 1. The van der Waals surface area contributed by atoms with Crippen LogP contribution < -0.4 is 5.32 Å². The van der Waals surface area contributed by atoms with Crippen molar-refractivity contribution in [3.63, 3.8) is 0 Å². The van der Waals surface area contributed by atoms with Crippen molar-refractivity contribution in [3.8, 4) is 0 Å². The fourth-order valence-electron chi connectivity index (χ4n) is 3.43. The van der Waals surface area contributed by atoms with Crippen molar-refractivity contribution >= 4 is 5.91 Å². The quantitative estimate of drug-likeness (QED) is 0.841. The molecule has 0 aliphatic heterocycles. The summed E-state index contributed by atoms with van der Waals surface area (Å²) in [6.45, 7) is 3.85. The van der Waals surface area contributed by atoms with Gasteiger partial charge in [0.2, 0.25) is 5.91 Å². The van der Waals surface area contributed by atoms with Gasteiger partial charge in [0.25, 0.3) is 0 Å². The highest BCUT2D eigenvalue weighted by Crippen LogP contribution is 2.36. The molecule has 2 aromatic carbocycles. The Labute approximate surface area is 126 Å². The monoisotopic (exact) mass is 279 g/mol. The standard InChI is InChI=1S/C19H21NO/c1-13-16-8-4-3-7-15(16)11-12-19(20-14(2)21)18-10-6-5-9-17(13)18/h3-10,13,19H,11-12H2,1-2H3,(H,20,21). The van der Waals surface area contributed by atoms with Crippen LogP contribution in [0.15, 0.2) is 48.5 Å². The molecule has 0 saturated carbocycles. The van der Waals surface area contributed by atoms with Crippen LogP contribution >= 0.6 is 0 Å². The van der Waals surface area contributed by atoms with Crippen LogP contribution in [0.1, 0.15) is 54.5 Å². The zero-order valence-corrected chi connectivity index (χ0v) is 12.6. The van der Waals surface area contributed by atoms with Gasteiger partial charge in [-0.05, 0) is 35.1 Å². The zero-order chi connectivity index (χ0) is 14.8. The minimum atomic E-state index is 0.0383. The second-order valence-electron chi connectivity index (χ2n) is 5.84. The number of hydrogen-bond acceptors (Lipinski definition) is 1. The van der Waals surface area contributed by atoms with E-state index in [1.165, 1.54) is 22.3 Å². The lowest BCUT2D eigenvalue weighted by Crippen LogP contribution is -2.28. The van der Waals surface area contributed by atoms with Gasteiger partial charge in [0.1, 0.15) is 0 Å². The molecule has 1 amide bonds. The van der Waals surface area contributed by atoms with E-state index in [1.807, 2.05) is 0 Å². The van der Waals surface area contributed by atoms with Crippen LogP contribution in [0.4, 0.5) is 0 Å². The predicted octanol–water partition coefficient (Wildman–Crippen LogP) is 3.96. The Kier molecular flexibility index (Phi) is 3.78. The molecule has 0 bridgehead atoms. The van der Waals surface area contributed by atoms with Gasteiger partial charge in [-0.15, -0.1) is 0 Å². The normalized spacial score (nSPS) is 20.7. The first-order valence-electron chi connectivity index (χ1n) is 7.60. The number of rotatable bonds is 1. The Morgan fingerprint density at radius 2 is 1.62 bits per heavy atom. The van der Waals surface area contributed by atoms with Gasteiger partial charge < -0.3 is 5.32 Å². The highest BCUT2D eigenvalue weighted by Gasteiger charge is 2.24. The fraction of sp³-hybridized carbons (Fsp3) is 0.316. The molecule has 108 valence electrons. The van der Waals surface area contributed by atoms with Crippen LogP contribution in [0.5, 0.6) is 0 Å². The molecule has 2 aromatic rings. The molecule has 0 heterocycles. The van der Waals surface area contributed by atoms with E-state index in [4.69, 9.17) is 0 Å². The molecule has 2 atom stereocenters. The molecule has 0 aromatic heterocycles. The summed E-state index contributed by atoms with van der Waals surface area (Å²) in [5.41, 5.74) is 5.39. The topological polar surface area (TPSA) is 29.1 Å². The highest BCUT2D eigenvalue weighted by molar-refractivity contribution is 5.73. The third-order valence-electron chi connectivity index (χ3n) is 4.44. The van der Waals surface area contributed by atoms with Crippen molar-refractivity contribution in [1.29, 1.82) is 0 Å². The third-order valence-corrected chi connectivity index (χ3v) is 4.44. The van der Waals surface area contributed by atoms with Crippen LogP contribution in [0.2, 0.25) is 0 Å². The lowest BCUT2D eigenvalue weighted by molar-refractivity contribution is -0.119. The van der Waals surface area contributed by atoms with Gasteiger partial charge >= 0.3 is 0 Å². The second kappa shape index (κ2) is 5.72. The van der Waals surface area contributed by atoms with E-state index in [1.54, 1.807) is 6.92 Å². The maximum atomic E-state index is 11.5. The Bertz CT molecular complexity index is 662. The lowest BCUT2D eigenvalue weighted by Gasteiger charge is -2.28. The average Bonchev–Trinajstić information content (AvgIpc) is 2.49. The van der Waals surface area contributed by atoms with E-state index in [9.17, 15) is 4.79 Å². The van der Waals surface area contributed by atoms with Crippen molar-refractivity contribution in [2.24, 2.45) is 0 Å².